The molecule has 3 aliphatic heterocycles. The van der Waals surface area contributed by atoms with Crippen LogP contribution in [0.3, 0.4) is 0 Å². The molecule has 3 fully saturated rings. The number of para-hydroxylation sites is 1. The molecule has 2 aromatic rings. The van der Waals surface area contributed by atoms with Crippen LogP contribution in [0.4, 0.5) is 10.1 Å². The molecule has 164 valence electrons. The number of carbonyl (C=O) groups is 4. The number of benzene rings is 2. The van der Waals surface area contributed by atoms with Crippen molar-refractivity contribution < 1.29 is 28.3 Å². The number of hydrogen-bond donors (Lipinski definition) is 0. The molecule has 3 heterocycles. The molecule has 4 atom stereocenters. The largest absolute Gasteiger partial charge is 0.465 e. The van der Waals surface area contributed by atoms with Crippen LogP contribution in [-0.2, 0) is 14.3 Å². The number of methoxy groups -OCH3 is 1. The van der Waals surface area contributed by atoms with Crippen molar-refractivity contribution >= 4 is 29.3 Å². The Morgan fingerprint density at radius 3 is 2.41 bits per heavy atom. The minimum Gasteiger partial charge on any atom is -0.465 e. The van der Waals surface area contributed by atoms with Crippen LogP contribution in [0.25, 0.3) is 0 Å². The molecule has 3 aliphatic rings. The number of imide groups is 1. The number of halogens is 1. The lowest BCUT2D eigenvalue weighted by Crippen LogP contribution is -2.46. The fourth-order valence-corrected chi connectivity index (χ4v) is 5.49. The summed E-state index contributed by atoms with van der Waals surface area (Å²) in [5, 5.41) is 0. The Balaban J connectivity index is 1.56. The third kappa shape index (κ3) is 2.90. The van der Waals surface area contributed by atoms with E-state index in [0.29, 0.717) is 18.5 Å². The van der Waals surface area contributed by atoms with Gasteiger partial charge in [0, 0.05) is 11.6 Å². The van der Waals surface area contributed by atoms with Gasteiger partial charge in [-0.2, -0.15) is 0 Å². The van der Waals surface area contributed by atoms with Crippen LogP contribution < -0.4 is 4.90 Å². The predicted molar refractivity (Wildman–Crippen MR) is 112 cm³/mol. The summed E-state index contributed by atoms with van der Waals surface area (Å²) in [7, 11) is 1.23. The summed E-state index contributed by atoms with van der Waals surface area (Å²) in [5.41, 5.74) is 0.582. The number of ketones is 1. The van der Waals surface area contributed by atoms with Crippen LogP contribution in [0.1, 0.15) is 33.6 Å². The highest BCUT2D eigenvalue weighted by Gasteiger charge is 2.65. The van der Waals surface area contributed by atoms with Gasteiger partial charge in [-0.05, 0) is 55.8 Å². The van der Waals surface area contributed by atoms with Crippen molar-refractivity contribution in [2.45, 2.75) is 24.9 Å². The van der Waals surface area contributed by atoms with Gasteiger partial charge in [0.25, 0.3) is 0 Å². The highest BCUT2D eigenvalue weighted by atomic mass is 19.1. The Morgan fingerprint density at radius 2 is 1.69 bits per heavy atom. The molecule has 0 N–H and O–H groups in total. The second-order valence-corrected chi connectivity index (χ2v) is 8.34. The van der Waals surface area contributed by atoms with E-state index >= 15 is 0 Å². The lowest BCUT2D eigenvalue weighted by Gasteiger charge is -2.28. The predicted octanol–water partition coefficient (Wildman–Crippen LogP) is 2.45. The minimum atomic E-state index is -0.851. The average molecular weight is 436 g/mol. The fourth-order valence-electron chi connectivity index (χ4n) is 5.49. The van der Waals surface area contributed by atoms with Gasteiger partial charge < -0.3 is 4.74 Å². The molecular weight excluding hydrogens is 415 g/mol. The molecule has 0 bridgehead atoms. The van der Waals surface area contributed by atoms with E-state index in [9.17, 15) is 23.6 Å². The molecule has 0 spiro atoms. The van der Waals surface area contributed by atoms with Crippen LogP contribution in [0.15, 0.2) is 48.5 Å². The number of nitrogens with zero attached hydrogens (tertiary/aromatic N) is 2. The van der Waals surface area contributed by atoms with Crippen LogP contribution in [-0.4, -0.2) is 54.2 Å². The van der Waals surface area contributed by atoms with E-state index in [1.165, 1.54) is 43.5 Å². The summed E-state index contributed by atoms with van der Waals surface area (Å²) >= 11 is 0. The lowest BCUT2D eigenvalue weighted by atomic mass is 9.85. The molecule has 32 heavy (non-hydrogen) atoms. The SMILES string of the molecule is COC(=O)c1ccccc1N1C(=O)[C@@H]2[C@@H](C1=O)[C@@H](C(=O)c1ccc(F)cc1)N1CCC[C@H]21. The third-order valence-electron chi connectivity index (χ3n) is 6.80. The Kier molecular flexibility index (Phi) is 4.89. The third-order valence-corrected chi connectivity index (χ3v) is 6.80. The van der Waals surface area contributed by atoms with Crippen LogP contribution in [0.5, 0.6) is 0 Å². The van der Waals surface area contributed by atoms with E-state index in [1.54, 1.807) is 12.1 Å². The number of ether oxygens (including phenoxy) is 1. The van der Waals surface area contributed by atoms with Gasteiger partial charge in [0.05, 0.1) is 36.2 Å². The number of rotatable bonds is 4. The number of esters is 1. The first-order valence-corrected chi connectivity index (χ1v) is 10.5. The highest BCUT2D eigenvalue weighted by molar-refractivity contribution is 6.26. The van der Waals surface area contributed by atoms with Gasteiger partial charge in [-0.25, -0.2) is 14.1 Å². The standard InChI is InChI=1S/C24H21FN2O5/c1-32-24(31)15-5-2-3-6-16(15)27-22(29)18-17-7-4-12-26(17)20(19(18)23(27)30)21(28)13-8-10-14(25)11-9-13/h2-3,5-6,8-11,17-20H,4,7,12H2,1H3/t17-,18+,19-,20+/m1/s1. The molecule has 0 unspecified atom stereocenters. The first-order valence-electron chi connectivity index (χ1n) is 10.5. The van der Waals surface area contributed by atoms with Gasteiger partial charge in [0.15, 0.2) is 5.78 Å². The molecule has 0 aromatic heterocycles. The second kappa shape index (κ2) is 7.63. The Labute approximate surface area is 183 Å². The monoisotopic (exact) mass is 436 g/mol. The Bertz CT molecular complexity index is 1130. The van der Waals surface area contributed by atoms with E-state index in [4.69, 9.17) is 4.74 Å². The first-order chi connectivity index (χ1) is 15.4. The lowest BCUT2D eigenvalue weighted by molar-refractivity contribution is -0.123. The topological polar surface area (TPSA) is 84.0 Å². The normalized spacial score (nSPS) is 26.9. The van der Waals surface area contributed by atoms with Crippen molar-refractivity contribution in [1.29, 1.82) is 0 Å². The number of Topliss-reactive ketones (excluding diaryl/α,β-unsaturated/α-hetero) is 1. The summed E-state index contributed by atoms with van der Waals surface area (Å²) in [6, 6.07) is 10.5. The zero-order valence-electron chi connectivity index (χ0n) is 17.4. The number of hydrogen-bond acceptors (Lipinski definition) is 6. The number of fused-ring (bicyclic) bond motifs is 3. The summed E-state index contributed by atoms with van der Waals surface area (Å²) in [6.45, 7) is 0.620. The maximum Gasteiger partial charge on any atom is 0.339 e. The zero-order valence-corrected chi connectivity index (χ0v) is 17.4. The molecule has 0 radical (unpaired) electrons. The van der Waals surface area contributed by atoms with E-state index in [0.717, 1.165) is 11.3 Å². The number of carbonyl (C=O) groups excluding carboxylic acids is 4. The maximum absolute atomic E-state index is 13.6. The van der Waals surface area contributed by atoms with Gasteiger partial charge in [0.1, 0.15) is 5.82 Å². The van der Waals surface area contributed by atoms with Gasteiger partial charge in [0.2, 0.25) is 11.8 Å². The van der Waals surface area contributed by atoms with Crippen molar-refractivity contribution in [2.75, 3.05) is 18.6 Å². The van der Waals surface area contributed by atoms with Crippen molar-refractivity contribution in [2.24, 2.45) is 11.8 Å². The second-order valence-electron chi connectivity index (χ2n) is 8.34. The van der Waals surface area contributed by atoms with Gasteiger partial charge in [-0.1, -0.05) is 12.1 Å². The summed E-state index contributed by atoms with van der Waals surface area (Å²) in [5.74, 6) is -3.81. The molecular formula is C24H21FN2O5. The molecule has 0 saturated carbocycles. The van der Waals surface area contributed by atoms with Gasteiger partial charge in [-0.15, -0.1) is 0 Å². The van der Waals surface area contributed by atoms with Gasteiger partial charge >= 0.3 is 5.97 Å². The molecule has 7 nitrogen and oxygen atoms in total. The molecule has 5 rings (SSSR count). The van der Waals surface area contributed by atoms with Crippen LogP contribution in [0, 0.1) is 17.7 Å². The molecule has 0 aliphatic carbocycles. The van der Waals surface area contributed by atoms with E-state index in [1.807, 2.05) is 4.90 Å². The average Bonchev–Trinajstić information content (AvgIpc) is 3.45. The summed E-state index contributed by atoms with van der Waals surface area (Å²) in [6.07, 6.45) is 1.53. The van der Waals surface area contributed by atoms with Crippen LogP contribution in [0.2, 0.25) is 0 Å². The van der Waals surface area contributed by atoms with Crippen molar-refractivity contribution in [3.8, 4) is 0 Å². The Morgan fingerprint density at radius 1 is 1.00 bits per heavy atom. The smallest absolute Gasteiger partial charge is 0.339 e. The molecule has 8 heteroatoms. The molecule has 2 amide bonds. The minimum absolute atomic E-state index is 0.112. The zero-order chi connectivity index (χ0) is 22.6. The summed E-state index contributed by atoms with van der Waals surface area (Å²) in [4.78, 5) is 55.8. The van der Waals surface area contributed by atoms with Crippen molar-refractivity contribution in [3.05, 3.63) is 65.5 Å². The molecule has 2 aromatic carbocycles. The molecule has 3 saturated heterocycles. The summed E-state index contributed by atoms with van der Waals surface area (Å²) < 4.78 is 18.2. The van der Waals surface area contributed by atoms with Crippen LogP contribution >= 0.6 is 0 Å². The highest BCUT2D eigenvalue weighted by Crippen LogP contribution is 2.48. The number of anilines is 1. The van der Waals surface area contributed by atoms with Gasteiger partial charge in [-0.3, -0.25) is 19.3 Å². The first kappa shape index (κ1) is 20.5. The van der Waals surface area contributed by atoms with E-state index in [-0.39, 0.29) is 23.1 Å². The quantitative estimate of drug-likeness (QED) is 0.416. The van der Waals surface area contributed by atoms with Crippen molar-refractivity contribution in [3.63, 3.8) is 0 Å². The fraction of sp³-hybridized carbons (Fsp3) is 0.333. The van der Waals surface area contributed by atoms with E-state index in [2.05, 4.69) is 0 Å². The van der Waals surface area contributed by atoms with E-state index < -0.39 is 41.5 Å². The number of amides is 2. The maximum atomic E-state index is 13.6. The van der Waals surface area contributed by atoms with Crippen molar-refractivity contribution in [1.82, 2.24) is 4.90 Å². The Hall–Kier alpha value is -3.39.